The Kier molecular flexibility index (Phi) is 6.61. The van der Waals surface area contributed by atoms with Crippen molar-refractivity contribution in [3.05, 3.63) is 29.6 Å². The number of ether oxygens (including phenoxy) is 2. The van der Waals surface area contributed by atoms with Crippen molar-refractivity contribution in [1.82, 2.24) is 0 Å². The molecule has 5 heteroatoms. The van der Waals surface area contributed by atoms with Crippen LogP contribution in [-0.2, 0) is 9.47 Å². The first kappa shape index (κ1) is 16.6. The second-order valence-corrected chi connectivity index (χ2v) is 4.71. The summed E-state index contributed by atoms with van der Waals surface area (Å²) in [6.45, 7) is 5.06. The number of hydrogen-bond acceptors (Lipinski definition) is 4. The Bertz CT molecular complexity index is 451. The Morgan fingerprint density at radius 3 is 2.60 bits per heavy atom. The van der Waals surface area contributed by atoms with E-state index in [-0.39, 0.29) is 11.8 Å². The van der Waals surface area contributed by atoms with E-state index in [1.165, 1.54) is 19.1 Å². The third kappa shape index (κ3) is 4.28. The summed E-state index contributed by atoms with van der Waals surface area (Å²) in [6.07, 6.45) is 0. The van der Waals surface area contributed by atoms with Crippen molar-refractivity contribution in [2.24, 2.45) is 0 Å². The molecule has 0 radical (unpaired) electrons. The van der Waals surface area contributed by atoms with Gasteiger partial charge in [-0.3, -0.25) is 4.79 Å². The lowest BCUT2D eigenvalue weighted by atomic mass is 10.1. The molecule has 4 nitrogen and oxygen atoms in total. The fourth-order valence-corrected chi connectivity index (χ4v) is 2.14. The molecular weight excluding hydrogens is 261 g/mol. The molecule has 1 rings (SSSR count). The molecule has 1 atom stereocenters. The minimum atomic E-state index is -0.412. The number of rotatable bonds is 8. The second kappa shape index (κ2) is 7.97. The van der Waals surface area contributed by atoms with Gasteiger partial charge in [0, 0.05) is 38.1 Å². The van der Waals surface area contributed by atoms with E-state index in [0.29, 0.717) is 31.0 Å². The zero-order valence-electron chi connectivity index (χ0n) is 12.5. The molecule has 1 unspecified atom stereocenters. The van der Waals surface area contributed by atoms with Crippen LogP contribution in [0.4, 0.5) is 10.1 Å². The molecule has 0 fully saturated rings. The van der Waals surface area contributed by atoms with Gasteiger partial charge in [-0.1, -0.05) is 0 Å². The Morgan fingerprint density at radius 2 is 2.05 bits per heavy atom. The van der Waals surface area contributed by atoms with Crippen LogP contribution in [0.1, 0.15) is 24.2 Å². The lowest BCUT2D eigenvalue weighted by molar-refractivity contribution is 0.101. The van der Waals surface area contributed by atoms with Crippen LogP contribution >= 0.6 is 0 Å². The zero-order chi connectivity index (χ0) is 15.1. The molecule has 0 amide bonds. The third-order valence-corrected chi connectivity index (χ3v) is 3.12. The Hall–Kier alpha value is -1.46. The summed E-state index contributed by atoms with van der Waals surface area (Å²) in [5.74, 6) is -0.573. The smallest absolute Gasteiger partial charge is 0.161 e. The van der Waals surface area contributed by atoms with Crippen LogP contribution in [0, 0.1) is 5.82 Å². The predicted molar refractivity (Wildman–Crippen MR) is 77.0 cm³/mol. The van der Waals surface area contributed by atoms with Crippen LogP contribution in [0.2, 0.25) is 0 Å². The molecule has 112 valence electrons. The van der Waals surface area contributed by atoms with E-state index in [1.54, 1.807) is 20.3 Å². The summed E-state index contributed by atoms with van der Waals surface area (Å²) in [4.78, 5) is 13.7. The molecule has 0 saturated carbocycles. The number of hydrogen-bond donors (Lipinski definition) is 0. The molecule has 0 aromatic heterocycles. The van der Waals surface area contributed by atoms with Crippen molar-refractivity contribution in [2.45, 2.75) is 19.9 Å². The summed E-state index contributed by atoms with van der Waals surface area (Å²) in [7, 11) is 3.25. The van der Waals surface area contributed by atoms with Gasteiger partial charge in [0.2, 0.25) is 0 Å². The highest BCUT2D eigenvalue weighted by molar-refractivity contribution is 5.99. The summed E-state index contributed by atoms with van der Waals surface area (Å²) >= 11 is 0. The number of carbonyl (C=O) groups is 1. The highest BCUT2D eigenvalue weighted by Crippen LogP contribution is 2.24. The molecule has 1 aromatic rings. The van der Waals surface area contributed by atoms with Crippen LogP contribution in [0.15, 0.2) is 18.2 Å². The SMILES string of the molecule is COCCN(c1ccc(F)cc1C(C)=O)C(C)COC. The molecule has 0 aliphatic carbocycles. The molecule has 0 aliphatic heterocycles. The van der Waals surface area contributed by atoms with Crippen molar-refractivity contribution < 1.29 is 18.7 Å². The maximum absolute atomic E-state index is 13.4. The monoisotopic (exact) mass is 283 g/mol. The van der Waals surface area contributed by atoms with E-state index in [1.807, 2.05) is 11.8 Å². The number of halogens is 1. The van der Waals surface area contributed by atoms with Gasteiger partial charge in [0.05, 0.1) is 13.2 Å². The topological polar surface area (TPSA) is 38.8 Å². The molecular formula is C15H22FNO3. The molecule has 0 heterocycles. The van der Waals surface area contributed by atoms with Gasteiger partial charge in [-0.2, -0.15) is 0 Å². The second-order valence-electron chi connectivity index (χ2n) is 4.71. The van der Waals surface area contributed by atoms with E-state index in [0.717, 1.165) is 0 Å². The Balaban J connectivity index is 3.14. The van der Waals surface area contributed by atoms with Crippen LogP contribution in [0.5, 0.6) is 0 Å². The third-order valence-electron chi connectivity index (χ3n) is 3.12. The van der Waals surface area contributed by atoms with Crippen LogP contribution in [0.25, 0.3) is 0 Å². The van der Waals surface area contributed by atoms with E-state index in [9.17, 15) is 9.18 Å². The van der Waals surface area contributed by atoms with Gasteiger partial charge in [-0.15, -0.1) is 0 Å². The lowest BCUT2D eigenvalue weighted by Crippen LogP contribution is -2.39. The number of carbonyl (C=O) groups excluding carboxylic acids is 1. The van der Waals surface area contributed by atoms with E-state index in [4.69, 9.17) is 9.47 Å². The van der Waals surface area contributed by atoms with E-state index in [2.05, 4.69) is 0 Å². The quantitative estimate of drug-likeness (QED) is 0.687. The minimum Gasteiger partial charge on any atom is -0.383 e. The van der Waals surface area contributed by atoms with Crippen molar-refractivity contribution in [3.63, 3.8) is 0 Å². The first-order valence-electron chi connectivity index (χ1n) is 6.56. The van der Waals surface area contributed by atoms with Gasteiger partial charge in [0.15, 0.2) is 5.78 Å². The molecule has 20 heavy (non-hydrogen) atoms. The van der Waals surface area contributed by atoms with Crippen molar-refractivity contribution in [1.29, 1.82) is 0 Å². The van der Waals surface area contributed by atoms with Gasteiger partial charge in [-0.25, -0.2) is 4.39 Å². The highest BCUT2D eigenvalue weighted by Gasteiger charge is 2.19. The number of anilines is 1. The predicted octanol–water partition coefficient (Wildman–Crippen LogP) is 2.52. The van der Waals surface area contributed by atoms with E-state index >= 15 is 0 Å². The summed E-state index contributed by atoms with van der Waals surface area (Å²) in [5, 5.41) is 0. The van der Waals surface area contributed by atoms with E-state index < -0.39 is 5.82 Å². The Morgan fingerprint density at radius 1 is 1.35 bits per heavy atom. The highest BCUT2D eigenvalue weighted by atomic mass is 19.1. The average molecular weight is 283 g/mol. The lowest BCUT2D eigenvalue weighted by Gasteiger charge is -2.32. The number of ketones is 1. The summed E-state index contributed by atoms with van der Waals surface area (Å²) in [5.41, 5.74) is 1.09. The molecule has 0 aliphatic rings. The van der Waals surface area contributed by atoms with Crippen LogP contribution < -0.4 is 4.90 Å². The first-order chi connectivity index (χ1) is 9.51. The van der Waals surface area contributed by atoms with Crippen LogP contribution in [0.3, 0.4) is 0 Å². The molecule has 0 saturated heterocycles. The molecule has 1 aromatic carbocycles. The van der Waals surface area contributed by atoms with Gasteiger partial charge >= 0.3 is 0 Å². The maximum Gasteiger partial charge on any atom is 0.161 e. The number of methoxy groups -OCH3 is 2. The molecule has 0 N–H and O–H groups in total. The number of Topliss-reactive ketones (excluding diaryl/α,β-unsaturated/α-hetero) is 1. The molecule has 0 bridgehead atoms. The standard InChI is InChI=1S/C15H22FNO3/c1-11(10-20-4)17(7-8-19-3)15-6-5-13(16)9-14(15)12(2)18/h5-6,9,11H,7-8,10H2,1-4H3. The fourth-order valence-electron chi connectivity index (χ4n) is 2.14. The zero-order valence-corrected chi connectivity index (χ0v) is 12.5. The van der Waals surface area contributed by atoms with Crippen molar-refractivity contribution >= 4 is 11.5 Å². The van der Waals surface area contributed by atoms with Gasteiger partial charge < -0.3 is 14.4 Å². The van der Waals surface area contributed by atoms with Gasteiger partial charge in [0.1, 0.15) is 5.82 Å². The number of nitrogens with zero attached hydrogens (tertiary/aromatic N) is 1. The van der Waals surface area contributed by atoms with Gasteiger partial charge in [0.25, 0.3) is 0 Å². The van der Waals surface area contributed by atoms with Gasteiger partial charge in [-0.05, 0) is 32.0 Å². The maximum atomic E-state index is 13.4. The minimum absolute atomic E-state index is 0.0544. The van der Waals surface area contributed by atoms with Crippen molar-refractivity contribution in [2.75, 3.05) is 38.9 Å². The summed E-state index contributed by atoms with van der Waals surface area (Å²) in [6, 6.07) is 4.32. The first-order valence-corrected chi connectivity index (χ1v) is 6.56. The normalized spacial score (nSPS) is 12.2. The number of benzene rings is 1. The van der Waals surface area contributed by atoms with Crippen molar-refractivity contribution in [3.8, 4) is 0 Å². The van der Waals surface area contributed by atoms with Crippen LogP contribution in [-0.4, -0.2) is 45.8 Å². The Labute approximate surface area is 119 Å². The largest absolute Gasteiger partial charge is 0.383 e. The molecule has 0 spiro atoms. The fraction of sp³-hybridized carbons (Fsp3) is 0.533. The average Bonchev–Trinajstić information content (AvgIpc) is 2.40. The summed E-state index contributed by atoms with van der Waals surface area (Å²) < 4.78 is 23.6.